The predicted molar refractivity (Wildman–Crippen MR) is 73.0 cm³/mol. The average Bonchev–Trinajstić information content (AvgIpc) is 2.34. The van der Waals surface area contributed by atoms with Gasteiger partial charge in [-0.3, -0.25) is 0 Å². The molecule has 1 aliphatic carbocycles. The number of rotatable bonds is 3. The highest BCUT2D eigenvalue weighted by molar-refractivity contribution is 5.48. The summed E-state index contributed by atoms with van der Waals surface area (Å²) in [4.78, 5) is 8.46. The van der Waals surface area contributed by atoms with E-state index in [-0.39, 0.29) is 0 Å². The second-order valence-electron chi connectivity index (χ2n) is 5.79. The highest BCUT2D eigenvalue weighted by Crippen LogP contribution is 2.37. The Morgan fingerprint density at radius 3 is 2.78 bits per heavy atom. The first-order valence-electron chi connectivity index (χ1n) is 6.67. The Kier molecular flexibility index (Phi) is 3.73. The van der Waals surface area contributed by atoms with Crippen LogP contribution < -0.4 is 10.1 Å². The summed E-state index contributed by atoms with van der Waals surface area (Å²) in [5.74, 6) is 1.56. The van der Waals surface area contributed by atoms with E-state index in [0.29, 0.717) is 17.3 Å². The Labute approximate surface area is 109 Å². The largest absolute Gasteiger partial charge is 0.481 e. The van der Waals surface area contributed by atoms with Crippen LogP contribution in [0.15, 0.2) is 6.33 Å². The third-order valence-corrected chi connectivity index (χ3v) is 4.05. The van der Waals surface area contributed by atoms with Gasteiger partial charge in [-0.15, -0.1) is 0 Å². The summed E-state index contributed by atoms with van der Waals surface area (Å²) in [6.07, 6.45) is 6.66. The van der Waals surface area contributed by atoms with E-state index in [1.807, 2.05) is 6.92 Å². The van der Waals surface area contributed by atoms with Gasteiger partial charge in [0, 0.05) is 6.04 Å². The van der Waals surface area contributed by atoms with E-state index in [2.05, 4.69) is 29.1 Å². The topological polar surface area (TPSA) is 47.0 Å². The van der Waals surface area contributed by atoms with Gasteiger partial charge < -0.3 is 10.1 Å². The van der Waals surface area contributed by atoms with Crippen molar-refractivity contribution in [3.8, 4) is 5.88 Å². The number of nitrogens with zero attached hydrogens (tertiary/aromatic N) is 2. The standard InChI is InChI=1S/C14H23N3O/c1-10-12(15-9-16-13(10)18-4)17-11-7-5-6-8-14(11,2)3/h9,11H,5-8H2,1-4H3,(H,15,16,17). The number of ether oxygens (including phenoxy) is 1. The van der Waals surface area contributed by atoms with Crippen LogP contribution in [0.4, 0.5) is 5.82 Å². The summed E-state index contributed by atoms with van der Waals surface area (Å²) in [6, 6.07) is 0.476. The smallest absolute Gasteiger partial charge is 0.221 e. The van der Waals surface area contributed by atoms with Crippen LogP contribution in [0.5, 0.6) is 5.88 Å². The molecule has 2 rings (SSSR count). The molecule has 0 bridgehead atoms. The summed E-state index contributed by atoms with van der Waals surface area (Å²) in [6.45, 7) is 6.66. The zero-order chi connectivity index (χ0) is 13.2. The zero-order valence-electron chi connectivity index (χ0n) is 11.8. The molecule has 0 radical (unpaired) electrons. The number of nitrogens with one attached hydrogen (secondary N) is 1. The van der Waals surface area contributed by atoms with Gasteiger partial charge in [0.2, 0.25) is 5.88 Å². The van der Waals surface area contributed by atoms with Crippen molar-refractivity contribution in [2.45, 2.75) is 52.5 Å². The fourth-order valence-corrected chi connectivity index (χ4v) is 2.71. The van der Waals surface area contributed by atoms with Gasteiger partial charge in [-0.1, -0.05) is 26.7 Å². The molecule has 1 atom stereocenters. The number of hydrogen-bond donors (Lipinski definition) is 1. The van der Waals surface area contributed by atoms with E-state index in [9.17, 15) is 0 Å². The van der Waals surface area contributed by atoms with Gasteiger partial charge in [0.15, 0.2) is 0 Å². The second kappa shape index (κ2) is 5.12. The molecule has 1 N–H and O–H groups in total. The van der Waals surface area contributed by atoms with Crippen molar-refractivity contribution in [1.29, 1.82) is 0 Å². The Balaban J connectivity index is 2.18. The molecule has 1 aliphatic rings. The van der Waals surface area contributed by atoms with Crippen LogP contribution in [0.1, 0.15) is 45.1 Å². The van der Waals surface area contributed by atoms with E-state index in [4.69, 9.17) is 4.74 Å². The summed E-state index contributed by atoms with van der Waals surface area (Å²) < 4.78 is 5.24. The van der Waals surface area contributed by atoms with Crippen molar-refractivity contribution in [2.75, 3.05) is 12.4 Å². The maximum Gasteiger partial charge on any atom is 0.221 e. The molecule has 1 heterocycles. The van der Waals surface area contributed by atoms with E-state index in [1.165, 1.54) is 25.7 Å². The van der Waals surface area contributed by atoms with Gasteiger partial charge >= 0.3 is 0 Å². The molecule has 18 heavy (non-hydrogen) atoms. The lowest BCUT2D eigenvalue weighted by Gasteiger charge is -2.39. The van der Waals surface area contributed by atoms with Gasteiger partial charge in [0.25, 0.3) is 0 Å². The molecule has 0 aromatic carbocycles. The van der Waals surface area contributed by atoms with Gasteiger partial charge in [-0.2, -0.15) is 0 Å². The quantitative estimate of drug-likeness (QED) is 0.893. The van der Waals surface area contributed by atoms with Crippen LogP contribution in [0.2, 0.25) is 0 Å². The molecule has 1 saturated carbocycles. The van der Waals surface area contributed by atoms with Crippen molar-refractivity contribution >= 4 is 5.82 Å². The maximum absolute atomic E-state index is 5.24. The number of anilines is 1. The molecule has 0 spiro atoms. The first kappa shape index (κ1) is 13.1. The van der Waals surface area contributed by atoms with E-state index in [1.54, 1.807) is 13.4 Å². The third kappa shape index (κ3) is 2.57. The SMILES string of the molecule is COc1ncnc(NC2CCCCC2(C)C)c1C. The van der Waals surface area contributed by atoms with Crippen molar-refractivity contribution in [3.05, 3.63) is 11.9 Å². The van der Waals surface area contributed by atoms with Crippen molar-refractivity contribution in [3.63, 3.8) is 0 Å². The fraction of sp³-hybridized carbons (Fsp3) is 0.714. The molecule has 4 heteroatoms. The van der Waals surface area contributed by atoms with Crippen LogP contribution in [0.3, 0.4) is 0 Å². The predicted octanol–water partition coefficient (Wildman–Crippen LogP) is 3.17. The monoisotopic (exact) mass is 249 g/mol. The second-order valence-corrected chi connectivity index (χ2v) is 5.79. The third-order valence-electron chi connectivity index (χ3n) is 4.05. The van der Waals surface area contributed by atoms with Crippen molar-refractivity contribution in [2.24, 2.45) is 5.41 Å². The minimum atomic E-state index is 0.322. The Hall–Kier alpha value is -1.32. The molecule has 1 unspecified atom stereocenters. The highest BCUT2D eigenvalue weighted by Gasteiger charge is 2.32. The number of aromatic nitrogens is 2. The van der Waals surface area contributed by atoms with Gasteiger partial charge in [-0.05, 0) is 25.2 Å². The molecule has 1 aromatic rings. The number of hydrogen-bond acceptors (Lipinski definition) is 4. The normalized spacial score (nSPS) is 22.6. The molecular formula is C14H23N3O. The molecule has 1 fully saturated rings. The van der Waals surface area contributed by atoms with Crippen LogP contribution >= 0.6 is 0 Å². The molecule has 1 aromatic heterocycles. The number of methoxy groups -OCH3 is 1. The molecular weight excluding hydrogens is 226 g/mol. The van der Waals surface area contributed by atoms with Crippen LogP contribution in [0.25, 0.3) is 0 Å². The van der Waals surface area contributed by atoms with E-state index in [0.717, 1.165) is 11.4 Å². The van der Waals surface area contributed by atoms with Crippen LogP contribution in [-0.2, 0) is 0 Å². The lowest BCUT2D eigenvalue weighted by Crippen LogP contribution is -2.39. The minimum Gasteiger partial charge on any atom is -0.481 e. The first-order valence-corrected chi connectivity index (χ1v) is 6.67. The summed E-state index contributed by atoms with van der Waals surface area (Å²) in [5, 5.41) is 3.58. The maximum atomic E-state index is 5.24. The summed E-state index contributed by atoms with van der Waals surface area (Å²) in [7, 11) is 1.64. The Bertz CT molecular complexity index is 418. The Morgan fingerprint density at radius 1 is 1.33 bits per heavy atom. The lowest BCUT2D eigenvalue weighted by molar-refractivity contribution is 0.216. The van der Waals surface area contributed by atoms with E-state index >= 15 is 0 Å². The zero-order valence-corrected chi connectivity index (χ0v) is 11.8. The van der Waals surface area contributed by atoms with Crippen LogP contribution in [-0.4, -0.2) is 23.1 Å². The molecule has 0 aliphatic heterocycles. The molecule has 4 nitrogen and oxygen atoms in total. The average molecular weight is 249 g/mol. The van der Waals surface area contributed by atoms with Crippen molar-refractivity contribution < 1.29 is 4.74 Å². The van der Waals surface area contributed by atoms with Gasteiger partial charge in [0.05, 0.1) is 12.7 Å². The first-order chi connectivity index (χ1) is 8.54. The molecule has 0 amide bonds. The minimum absolute atomic E-state index is 0.322. The molecule has 100 valence electrons. The molecule has 0 saturated heterocycles. The van der Waals surface area contributed by atoms with E-state index < -0.39 is 0 Å². The highest BCUT2D eigenvalue weighted by atomic mass is 16.5. The van der Waals surface area contributed by atoms with Crippen molar-refractivity contribution in [1.82, 2.24) is 9.97 Å². The fourth-order valence-electron chi connectivity index (χ4n) is 2.71. The Morgan fingerprint density at radius 2 is 2.11 bits per heavy atom. The van der Waals surface area contributed by atoms with Crippen LogP contribution in [0, 0.1) is 12.3 Å². The van der Waals surface area contributed by atoms with Gasteiger partial charge in [0.1, 0.15) is 12.1 Å². The lowest BCUT2D eigenvalue weighted by atomic mass is 9.73. The van der Waals surface area contributed by atoms with Gasteiger partial charge in [-0.25, -0.2) is 9.97 Å². The summed E-state index contributed by atoms with van der Waals surface area (Å²) >= 11 is 0. The summed E-state index contributed by atoms with van der Waals surface area (Å²) in [5.41, 5.74) is 1.31.